The summed E-state index contributed by atoms with van der Waals surface area (Å²) < 4.78 is 5.14. The van der Waals surface area contributed by atoms with Gasteiger partial charge in [-0.3, -0.25) is 5.43 Å². The number of hydrazine groups is 1. The lowest BCUT2D eigenvalue weighted by Gasteiger charge is -2.22. The Kier molecular flexibility index (Phi) is 4.12. The van der Waals surface area contributed by atoms with E-state index in [4.69, 9.17) is 10.5 Å². The summed E-state index contributed by atoms with van der Waals surface area (Å²) in [6.07, 6.45) is 0.911. The molecule has 0 amide bonds. The number of benzene rings is 1. The average Bonchev–Trinajstić information content (AvgIpc) is 2.69. The van der Waals surface area contributed by atoms with Crippen molar-refractivity contribution in [2.45, 2.75) is 31.5 Å². The smallest absolute Gasteiger partial charge is 0.0764 e. The van der Waals surface area contributed by atoms with Crippen LogP contribution in [0.2, 0.25) is 0 Å². The van der Waals surface area contributed by atoms with E-state index in [1.807, 2.05) is 0 Å². The predicted molar refractivity (Wildman–Crippen MR) is 68.4 cm³/mol. The number of ether oxygens (including phenoxy) is 1. The maximum atomic E-state index is 6.13. The number of aryl methyl sites for hydroxylation is 1. The van der Waals surface area contributed by atoms with E-state index >= 15 is 0 Å². The Labute approximate surface area is 103 Å². The van der Waals surface area contributed by atoms with Crippen molar-refractivity contribution in [2.75, 3.05) is 13.7 Å². The van der Waals surface area contributed by atoms with Crippen LogP contribution in [0.15, 0.2) is 24.3 Å². The van der Waals surface area contributed by atoms with Crippen molar-refractivity contribution in [1.29, 1.82) is 0 Å². The molecule has 1 fully saturated rings. The molecule has 17 heavy (non-hydrogen) atoms. The highest BCUT2D eigenvalue weighted by atomic mass is 16.5. The maximum Gasteiger partial charge on any atom is 0.0764 e. The molecule has 1 aliphatic heterocycles. The van der Waals surface area contributed by atoms with E-state index in [2.05, 4.69) is 42.0 Å². The fraction of sp³-hybridized carbons (Fsp3) is 0.538. The molecule has 3 unspecified atom stereocenters. The van der Waals surface area contributed by atoms with Crippen molar-refractivity contribution >= 4 is 0 Å². The van der Waals surface area contributed by atoms with Gasteiger partial charge in [-0.05, 0) is 24.5 Å². The van der Waals surface area contributed by atoms with Crippen molar-refractivity contribution in [3.05, 3.63) is 35.4 Å². The fourth-order valence-electron chi connectivity index (χ4n) is 2.50. The van der Waals surface area contributed by atoms with Crippen LogP contribution in [-0.4, -0.2) is 25.9 Å². The fourth-order valence-corrected chi connectivity index (χ4v) is 2.50. The molecule has 1 heterocycles. The van der Waals surface area contributed by atoms with E-state index in [-0.39, 0.29) is 6.17 Å². The van der Waals surface area contributed by atoms with Gasteiger partial charge in [0.1, 0.15) is 0 Å². The number of nitrogens with one attached hydrogen (secondary N) is 2. The van der Waals surface area contributed by atoms with Gasteiger partial charge in [0, 0.05) is 25.7 Å². The lowest BCUT2D eigenvalue weighted by molar-refractivity contribution is 0.182. The van der Waals surface area contributed by atoms with Crippen LogP contribution < -0.4 is 16.6 Å². The lowest BCUT2D eigenvalue weighted by atomic mass is 9.86. The summed E-state index contributed by atoms with van der Waals surface area (Å²) in [6.45, 7) is 2.88. The largest absolute Gasteiger partial charge is 0.385 e. The summed E-state index contributed by atoms with van der Waals surface area (Å²) in [5.41, 5.74) is 15.1. The SMILES string of the molecule is COCCC1NNC(N)C1c1ccccc1C. The minimum atomic E-state index is -0.0436. The molecule has 0 saturated carbocycles. The summed E-state index contributed by atoms with van der Waals surface area (Å²) in [6, 6.07) is 8.75. The number of nitrogens with two attached hydrogens (primary N) is 1. The number of hydrogen-bond donors (Lipinski definition) is 3. The second kappa shape index (κ2) is 5.60. The Morgan fingerprint density at radius 1 is 1.29 bits per heavy atom. The molecule has 3 atom stereocenters. The van der Waals surface area contributed by atoms with Crippen LogP contribution in [0.1, 0.15) is 23.5 Å². The molecule has 0 bridgehead atoms. The van der Waals surface area contributed by atoms with Gasteiger partial charge in [0.25, 0.3) is 0 Å². The minimum Gasteiger partial charge on any atom is -0.385 e. The Morgan fingerprint density at radius 2 is 2.06 bits per heavy atom. The second-order valence-electron chi connectivity index (χ2n) is 4.58. The molecule has 1 saturated heterocycles. The zero-order valence-corrected chi connectivity index (χ0v) is 10.4. The van der Waals surface area contributed by atoms with Crippen LogP contribution in [0.25, 0.3) is 0 Å². The molecule has 4 N–H and O–H groups in total. The minimum absolute atomic E-state index is 0.0436. The van der Waals surface area contributed by atoms with Gasteiger partial charge < -0.3 is 10.5 Å². The number of methoxy groups -OCH3 is 1. The van der Waals surface area contributed by atoms with Crippen molar-refractivity contribution in [2.24, 2.45) is 5.73 Å². The highest BCUT2D eigenvalue weighted by molar-refractivity contribution is 5.32. The second-order valence-corrected chi connectivity index (χ2v) is 4.58. The van der Waals surface area contributed by atoms with Crippen LogP contribution in [0.5, 0.6) is 0 Å². The quantitative estimate of drug-likeness (QED) is 0.725. The zero-order chi connectivity index (χ0) is 12.3. The maximum absolute atomic E-state index is 6.13. The normalized spacial score (nSPS) is 28.5. The third-order valence-corrected chi connectivity index (χ3v) is 3.44. The Morgan fingerprint density at radius 3 is 2.76 bits per heavy atom. The Balaban J connectivity index is 2.18. The first-order chi connectivity index (χ1) is 8.24. The molecule has 4 heteroatoms. The monoisotopic (exact) mass is 235 g/mol. The van der Waals surface area contributed by atoms with Gasteiger partial charge in [-0.15, -0.1) is 0 Å². The van der Waals surface area contributed by atoms with Gasteiger partial charge in [0.05, 0.1) is 6.17 Å². The van der Waals surface area contributed by atoms with Gasteiger partial charge in [0.15, 0.2) is 0 Å². The van der Waals surface area contributed by atoms with Gasteiger partial charge in [-0.1, -0.05) is 24.3 Å². The van der Waals surface area contributed by atoms with Crippen molar-refractivity contribution in [3.63, 3.8) is 0 Å². The van der Waals surface area contributed by atoms with Crippen LogP contribution in [0.3, 0.4) is 0 Å². The summed E-state index contributed by atoms with van der Waals surface area (Å²) >= 11 is 0. The van der Waals surface area contributed by atoms with E-state index in [0.717, 1.165) is 13.0 Å². The average molecular weight is 235 g/mol. The van der Waals surface area contributed by atoms with Gasteiger partial charge in [-0.2, -0.15) is 0 Å². The first-order valence-corrected chi connectivity index (χ1v) is 6.05. The summed E-state index contributed by atoms with van der Waals surface area (Å²) in [7, 11) is 1.73. The van der Waals surface area contributed by atoms with Crippen LogP contribution in [0, 0.1) is 6.92 Å². The molecule has 0 spiro atoms. The van der Waals surface area contributed by atoms with Crippen LogP contribution >= 0.6 is 0 Å². The van der Waals surface area contributed by atoms with E-state index in [0.29, 0.717) is 12.0 Å². The Bertz CT molecular complexity index is 369. The van der Waals surface area contributed by atoms with E-state index in [9.17, 15) is 0 Å². The summed E-state index contributed by atoms with van der Waals surface area (Å²) in [4.78, 5) is 0. The molecular formula is C13H21N3O. The first kappa shape index (κ1) is 12.5. The third kappa shape index (κ3) is 2.66. The van der Waals surface area contributed by atoms with E-state index in [1.165, 1.54) is 11.1 Å². The summed E-state index contributed by atoms with van der Waals surface area (Å²) in [5.74, 6) is 0.298. The van der Waals surface area contributed by atoms with E-state index < -0.39 is 0 Å². The topological polar surface area (TPSA) is 59.3 Å². The van der Waals surface area contributed by atoms with Crippen LogP contribution in [0.4, 0.5) is 0 Å². The van der Waals surface area contributed by atoms with Crippen molar-refractivity contribution < 1.29 is 4.74 Å². The molecular weight excluding hydrogens is 214 g/mol. The molecule has 1 aliphatic rings. The predicted octanol–water partition coefficient (Wildman–Crippen LogP) is 0.876. The molecule has 1 aromatic rings. The molecule has 1 aromatic carbocycles. The van der Waals surface area contributed by atoms with Crippen molar-refractivity contribution in [1.82, 2.24) is 10.9 Å². The van der Waals surface area contributed by atoms with Gasteiger partial charge in [-0.25, -0.2) is 5.43 Å². The highest BCUT2D eigenvalue weighted by Gasteiger charge is 2.34. The third-order valence-electron chi connectivity index (χ3n) is 3.44. The molecule has 4 nitrogen and oxygen atoms in total. The highest BCUT2D eigenvalue weighted by Crippen LogP contribution is 2.29. The Hall–Kier alpha value is -0.940. The van der Waals surface area contributed by atoms with Crippen LogP contribution in [-0.2, 0) is 4.74 Å². The van der Waals surface area contributed by atoms with Gasteiger partial charge in [0.2, 0.25) is 0 Å². The standard InChI is InChI=1S/C13H21N3O/c1-9-5-3-4-6-10(9)12-11(7-8-17-2)15-16-13(12)14/h3-6,11-13,15-16H,7-8,14H2,1-2H3. The molecule has 2 rings (SSSR count). The lowest BCUT2D eigenvalue weighted by Crippen LogP contribution is -2.38. The molecule has 0 aliphatic carbocycles. The number of hydrogen-bond acceptors (Lipinski definition) is 4. The zero-order valence-electron chi connectivity index (χ0n) is 10.4. The molecule has 0 aromatic heterocycles. The summed E-state index contributed by atoms with van der Waals surface area (Å²) in [5, 5.41) is 0. The van der Waals surface area contributed by atoms with E-state index in [1.54, 1.807) is 7.11 Å². The first-order valence-electron chi connectivity index (χ1n) is 6.05. The molecule has 94 valence electrons. The number of rotatable bonds is 4. The molecule has 0 radical (unpaired) electrons. The van der Waals surface area contributed by atoms with Crippen molar-refractivity contribution in [3.8, 4) is 0 Å². The van der Waals surface area contributed by atoms with Gasteiger partial charge >= 0.3 is 0 Å².